The smallest absolute Gasteiger partial charge is 0 e. The van der Waals surface area contributed by atoms with Crippen molar-refractivity contribution >= 4 is 8.07 Å². The zero-order chi connectivity index (χ0) is 17.2. The molecule has 0 aromatic rings. The van der Waals surface area contributed by atoms with E-state index in [1.807, 2.05) is 0 Å². The Labute approximate surface area is 141 Å². The van der Waals surface area contributed by atoms with E-state index < -0.39 is 8.07 Å². The molecule has 0 N–H and O–H groups in total. The molecule has 0 spiro atoms. The molecule has 0 amide bonds. The van der Waals surface area contributed by atoms with Crippen molar-refractivity contribution < 1.29 is 61.5 Å². The van der Waals surface area contributed by atoms with Gasteiger partial charge in [-0.15, -0.1) is 12.0 Å². The van der Waals surface area contributed by atoms with Gasteiger partial charge in [0.1, 0.15) is 8.07 Å². The molecular formula is C11H10Co2O6Si. The summed E-state index contributed by atoms with van der Waals surface area (Å²) in [4.78, 5) is 0. The van der Waals surface area contributed by atoms with Crippen molar-refractivity contribution in [2.75, 3.05) is 0 Å². The minimum Gasteiger partial charge on any atom is 0 e. The van der Waals surface area contributed by atoms with E-state index in [-0.39, 0.29) is 33.6 Å². The molecule has 0 aliphatic carbocycles. The van der Waals surface area contributed by atoms with E-state index in [9.17, 15) is 0 Å². The molecule has 0 aromatic carbocycles. The molecule has 0 aliphatic heterocycles. The molecule has 112 valence electrons. The van der Waals surface area contributed by atoms with Gasteiger partial charge < -0.3 is 0 Å². The SMILES string of the molecule is C#C[Si](C)(C)C.[C-]#[O+].[C-]#[O+].[C-]#[O+].[C-]#[O+].[C-]#[O+].[C-]#[O+].[Co].[Co]. The predicted molar refractivity (Wildman–Crippen MR) is 55.8 cm³/mol. The first-order chi connectivity index (χ1) is 8.56. The van der Waals surface area contributed by atoms with E-state index in [4.69, 9.17) is 34.3 Å². The zero-order valence-electron chi connectivity index (χ0n) is 10.7. The Balaban J connectivity index is -0.0000000109. The zero-order valence-corrected chi connectivity index (χ0v) is 13.8. The fourth-order valence-electron chi connectivity index (χ4n) is 0. The maximum atomic E-state index is 7.50. The van der Waals surface area contributed by atoms with Crippen LogP contribution in [0.2, 0.25) is 19.6 Å². The molecule has 9 heteroatoms. The summed E-state index contributed by atoms with van der Waals surface area (Å²) in [6.45, 7) is 33.4. The molecule has 0 rings (SSSR count). The number of rotatable bonds is 0. The minimum atomic E-state index is -1.10. The Hall–Kier alpha value is -0.770. The van der Waals surface area contributed by atoms with Gasteiger partial charge in [-0.05, 0) is 0 Å². The quantitative estimate of drug-likeness (QED) is 0.259. The van der Waals surface area contributed by atoms with Crippen LogP contribution < -0.4 is 0 Å². The third kappa shape index (κ3) is 913. The minimum absolute atomic E-state index is 0. The van der Waals surface area contributed by atoms with E-state index in [0.29, 0.717) is 0 Å². The summed E-state index contributed by atoms with van der Waals surface area (Å²) in [5.74, 6) is 0. The van der Waals surface area contributed by atoms with E-state index in [1.54, 1.807) is 0 Å². The van der Waals surface area contributed by atoms with Crippen molar-refractivity contribution in [1.82, 2.24) is 0 Å². The van der Waals surface area contributed by atoms with Crippen LogP contribution in [0, 0.1) is 51.9 Å². The van der Waals surface area contributed by atoms with Crippen LogP contribution in [0.3, 0.4) is 0 Å². The van der Waals surface area contributed by atoms with Gasteiger partial charge in [-0.2, -0.15) is 0 Å². The third-order valence-corrected chi connectivity index (χ3v) is 1.30. The second-order valence-corrected chi connectivity index (χ2v) is 7.18. The van der Waals surface area contributed by atoms with Crippen LogP contribution in [0.25, 0.3) is 0 Å². The molecule has 0 unspecified atom stereocenters. The molecule has 0 saturated heterocycles. The summed E-state index contributed by atoms with van der Waals surface area (Å²) < 4.78 is 45.0. The van der Waals surface area contributed by atoms with Gasteiger partial charge >= 0.3 is 67.8 Å². The molecule has 0 bridgehead atoms. The van der Waals surface area contributed by atoms with Gasteiger partial charge in [0.15, 0.2) is 0 Å². The summed E-state index contributed by atoms with van der Waals surface area (Å²) in [5.41, 5.74) is 2.74. The molecule has 0 heterocycles. The molecule has 2 radical (unpaired) electrons. The van der Waals surface area contributed by atoms with Gasteiger partial charge in [0, 0.05) is 33.6 Å². The summed E-state index contributed by atoms with van der Waals surface area (Å²) in [6, 6.07) is 0. The fourth-order valence-corrected chi connectivity index (χ4v) is 0. The van der Waals surface area contributed by atoms with Gasteiger partial charge in [-0.1, -0.05) is 19.6 Å². The Bertz CT molecular complexity index is 231. The van der Waals surface area contributed by atoms with Gasteiger partial charge in [0.25, 0.3) is 0 Å². The second-order valence-electron chi connectivity index (χ2n) is 2.39. The molecule has 0 aliphatic rings. The summed E-state index contributed by atoms with van der Waals surface area (Å²) in [7, 11) is -1.10. The molecule has 0 saturated carbocycles. The predicted octanol–water partition coefficient (Wildman–Crippen LogP) is 1.27. The van der Waals surface area contributed by atoms with Crippen LogP contribution in [0.15, 0.2) is 0 Å². The van der Waals surface area contributed by atoms with Crippen molar-refractivity contribution in [2.45, 2.75) is 19.6 Å². The monoisotopic (exact) mass is 384 g/mol. The molecule has 6 nitrogen and oxygen atoms in total. The first-order valence-corrected chi connectivity index (χ1v) is 6.76. The maximum absolute atomic E-state index is 7.50. The number of terminal acetylenes is 1. The van der Waals surface area contributed by atoms with Gasteiger partial charge in [-0.3, -0.25) is 0 Å². The average molecular weight is 384 g/mol. The summed E-state index contributed by atoms with van der Waals surface area (Å²) in [6.07, 6.45) is 5.12. The van der Waals surface area contributed by atoms with Crippen molar-refractivity contribution in [3.8, 4) is 12.0 Å². The normalized spacial score (nSPS) is 3.70. The van der Waals surface area contributed by atoms with Crippen LogP contribution in [0.1, 0.15) is 0 Å². The topological polar surface area (TPSA) is 119 Å². The van der Waals surface area contributed by atoms with Gasteiger partial charge in [0.2, 0.25) is 0 Å². The van der Waals surface area contributed by atoms with Gasteiger partial charge in [0.05, 0.1) is 0 Å². The third-order valence-electron chi connectivity index (χ3n) is 0.433. The maximum Gasteiger partial charge on any atom is 0 e. The Kier molecular flexibility index (Phi) is 426. The molecular weight excluding hydrogens is 374 g/mol. The van der Waals surface area contributed by atoms with Crippen LogP contribution in [0.4, 0.5) is 0 Å². The number of hydrogen-bond acceptors (Lipinski definition) is 0. The van der Waals surface area contributed by atoms with E-state index >= 15 is 0 Å². The average Bonchev–Trinajstić information content (AvgIpc) is 2.51. The first kappa shape index (κ1) is 61.1. The number of hydrogen-bond donors (Lipinski definition) is 0. The summed E-state index contributed by atoms with van der Waals surface area (Å²) >= 11 is 0. The van der Waals surface area contributed by atoms with Crippen molar-refractivity contribution in [2.24, 2.45) is 0 Å². The molecule has 20 heavy (non-hydrogen) atoms. The largest absolute Gasteiger partial charge is 0 e. The van der Waals surface area contributed by atoms with Crippen molar-refractivity contribution in [1.29, 1.82) is 0 Å². The van der Waals surface area contributed by atoms with Crippen molar-refractivity contribution in [3.05, 3.63) is 39.9 Å². The van der Waals surface area contributed by atoms with Crippen LogP contribution in [-0.2, 0) is 61.5 Å². The second kappa shape index (κ2) is 139. The van der Waals surface area contributed by atoms with E-state index in [1.165, 1.54) is 0 Å². The molecule has 0 atom stereocenters. The fraction of sp³-hybridized carbons (Fsp3) is 0.273. The van der Waals surface area contributed by atoms with Crippen molar-refractivity contribution in [3.63, 3.8) is 0 Å². The Morgan fingerprint density at radius 2 is 0.650 bits per heavy atom. The Morgan fingerprint density at radius 3 is 0.650 bits per heavy atom. The first-order valence-electron chi connectivity index (χ1n) is 3.26. The van der Waals surface area contributed by atoms with Crippen LogP contribution >= 0.6 is 0 Å². The molecule has 0 fully saturated rings. The van der Waals surface area contributed by atoms with E-state index in [0.717, 1.165) is 0 Å². The molecule has 0 aromatic heterocycles. The van der Waals surface area contributed by atoms with Crippen LogP contribution in [-0.4, -0.2) is 8.07 Å². The van der Waals surface area contributed by atoms with Crippen LogP contribution in [0.5, 0.6) is 0 Å². The summed E-state index contributed by atoms with van der Waals surface area (Å²) in [5, 5.41) is 0. The Morgan fingerprint density at radius 1 is 0.600 bits per heavy atom. The van der Waals surface area contributed by atoms with Gasteiger partial charge in [-0.25, -0.2) is 0 Å². The van der Waals surface area contributed by atoms with E-state index in [2.05, 4.69) is 65.1 Å². The standard InChI is InChI=1S/C5H10Si.6CO.2Co/c1-5-6(2,3)4;6*1-2;;/h1H,2-4H3;;;;;;;;.